The van der Waals surface area contributed by atoms with Crippen LogP contribution in [0.5, 0.6) is 5.75 Å². The maximum absolute atomic E-state index is 13.0. The van der Waals surface area contributed by atoms with Crippen molar-refractivity contribution in [2.45, 2.75) is 26.1 Å². The van der Waals surface area contributed by atoms with E-state index in [-0.39, 0.29) is 11.6 Å². The normalized spacial score (nSPS) is 12.2. The molecule has 2 aromatic rings. The van der Waals surface area contributed by atoms with Gasteiger partial charge >= 0.3 is 6.18 Å². The van der Waals surface area contributed by atoms with Gasteiger partial charge in [-0.1, -0.05) is 12.1 Å². The predicted molar refractivity (Wildman–Crippen MR) is 90.9 cm³/mol. The fraction of sp³-hybridized carbons (Fsp3) is 0.222. The summed E-state index contributed by atoms with van der Waals surface area (Å²) in [5, 5.41) is 4.81. The minimum absolute atomic E-state index is 0.227. The molecule has 0 aromatic heterocycles. The number of ether oxygens (including phenoxy) is 1. The molecule has 8 heteroatoms. The van der Waals surface area contributed by atoms with Gasteiger partial charge in [-0.3, -0.25) is 9.59 Å². The van der Waals surface area contributed by atoms with Crippen LogP contribution in [0.25, 0.3) is 0 Å². The van der Waals surface area contributed by atoms with Crippen LogP contribution in [0.4, 0.5) is 24.5 Å². The van der Waals surface area contributed by atoms with Crippen LogP contribution in [0, 0.1) is 0 Å². The maximum atomic E-state index is 13.0. The highest BCUT2D eigenvalue weighted by molar-refractivity contribution is 5.95. The number of nitrogens with one attached hydrogen (secondary N) is 2. The molecule has 0 fully saturated rings. The number of carbonyl (C=O) groups is 2. The number of halogens is 3. The third-order valence-corrected chi connectivity index (χ3v) is 3.35. The molecule has 0 radical (unpaired) electrons. The van der Waals surface area contributed by atoms with Crippen molar-refractivity contribution in [1.29, 1.82) is 0 Å². The van der Waals surface area contributed by atoms with Crippen LogP contribution in [0.15, 0.2) is 48.5 Å². The molecule has 0 aliphatic carbocycles. The van der Waals surface area contributed by atoms with Gasteiger partial charge in [0, 0.05) is 12.6 Å². The van der Waals surface area contributed by atoms with E-state index < -0.39 is 23.8 Å². The smallest absolute Gasteiger partial charge is 0.418 e. The zero-order valence-corrected chi connectivity index (χ0v) is 14.1. The molecule has 0 aliphatic rings. The first-order valence-corrected chi connectivity index (χ1v) is 7.68. The molecular formula is C18H17F3N2O3. The van der Waals surface area contributed by atoms with Gasteiger partial charge in [0.15, 0.2) is 6.10 Å². The Morgan fingerprint density at radius 3 is 2.19 bits per heavy atom. The third-order valence-electron chi connectivity index (χ3n) is 3.35. The molecule has 0 saturated carbocycles. The second kappa shape index (κ2) is 7.90. The lowest BCUT2D eigenvalue weighted by Crippen LogP contribution is -2.31. The first-order valence-electron chi connectivity index (χ1n) is 7.68. The van der Waals surface area contributed by atoms with Crippen LogP contribution in [-0.4, -0.2) is 17.9 Å². The van der Waals surface area contributed by atoms with Crippen molar-refractivity contribution < 1.29 is 27.5 Å². The summed E-state index contributed by atoms with van der Waals surface area (Å²) in [7, 11) is 0. The van der Waals surface area contributed by atoms with Gasteiger partial charge in [0.1, 0.15) is 5.75 Å². The molecule has 1 unspecified atom stereocenters. The van der Waals surface area contributed by atoms with Crippen LogP contribution in [-0.2, 0) is 15.8 Å². The van der Waals surface area contributed by atoms with E-state index in [1.165, 1.54) is 32.0 Å². The monoisotopic (exact) mass is 366 g/mol. The van der Waals surface area contributed by atoms with Gasteiger partial charge in [0.05, 0.1) is 11.3 Å². The molecule has 0 heterocycles. The molecule has 0 bridgehead atoms. The largest absolute Gasteiger partial charge is 0.481 e. The summed E-state index contributed by atoms with van der Waals surface area (Å²) in [6.07, 6.45) is -5.60. The van der Waals surface area contributed by atoms with Gasteiger partial charge in [-0.25, -0.2) is 0 Å². The molecule has 0 spiro atoms. The maximum Gasteiger partial charge on any atom is 0.418 e. The van der Waals surface area contributed by atoms with E-state index >= 15 is 0 Å². The lowest BCUT2D eigenvalue weighted by Gasteiger charge is -2.17. The van der Waals surface area contributed by atoms with Gasteiger partial charge in [-0.05, 0) is 43.3 Å². The fourth-order valence-corrected chi connectivity index (χ4v) is 2.15. The first-order chi connectivity index (χ1) is 12.2. The molecule has 5 nitrogen and oxygen atoms in total. The Hall–Kier alpha value is -3.03. The van der Waals surface area contributed by atoms with Crippen molar-refractivity contribution in [3.05, 3.63) is 54.1 Å². The van der Waals surface area contributed by atoms with Crippen LogP contribution < -0.4 is 15.4 Å². The Morgan fingerprint density at radius 2 is 1.62 bits per heavy atom. The average Bonchev–Trinajstić information content (AvgIpc) is 2.55. The van der Waals surface area contributed by atoms with E-state index in [9.17, 15) is 22.8 Å². The number of rotatable bonds is 5. The van der Waals surface area contributed by atoms with Crippen molar-refractivity contribution >= 4 is 23.2 Å². The highest BCUT2D eigenvalue weighted by Gasteiger charge is 2.34. The highest BCUT2D eigenvalue weighted by Crippen LogP contribution is 2.34. The van der Waals surface area contributed by atoms with Crippen molar-refractivity contribution in [3.63, 3.8) is 0 Å². The Kier molecular flexibility index (Phi) is 5.86. The standard InChI is InChI=1S/C18H17F3N2O3/c1-11(26-14-9-7-13(8-10-14)22-12(2)24)17(25)23-16-6-4-3-5-15(16)18(19,20)21/h3-11H,1-2H3,(H,22,24)(H,23,25). The van der Waals surface area contributed by atoms with E-state index in [1.54, 1.807) is 24.3 Å². The molecule has 2 aromatic carbocycles. The van der Waals surface area contributed by atoms with Gasteiger partial charge in [-0.2, -0.15) is 13.2 Å². The topological polar surface area (TPSA) is 67.4 Å². The summed E-state index contributed by atoms with van der Waals surface area (Å²) in [4.78, 5) is 23.1. The van der Waals surface area contributed by atoms with Crippen molar-refractivity contribution in [1.82, 2.24) is 0 Å². The molecule has 2 amide bonds. The van der Waals surface area contributed by atoms with E-state index in [2.05, 4.69) is 10.6 Å². The van der Waals surface area contributed by atoms with Crippen LogP contribution in [0.2, 0.25) is 0 Å². The summed E-state index contributed by atoms with van der Waals surface area (Å²) in [6, 6.07) is 11.0. The fourth-order valence-electron chi connectivity index (χ4n) is 2.15. The quantitative estimate of drug-likeness (QED) is 0.838. The minimum Gasteiger partial charge on any atom is -0.481 e. The Labute approximate surface area is 148 Å². The summed E-state index contributed by atoms with van der Waals surface area (Å²) in [5.41, 5.74) is -0.706. The first kappa shape index (κ1) is 19.3. The Morgan fingerprint density at radius 1 is 1.00 bits per heavy atom. The van der Waals surface area contributed by atoms with Crippen LogP contribution >= 0.6 is 0 Å². The minimum atomic E-state index is -4.58. The number of hydrogen-bond donors (Lipinski definition) is 2. The number of carbonyl (C=O) groups excluding carboxylic acids is 2. The number of benzene rings is 2. The molecule has 138 valence electrons. The SMILES string of the molecule is CC(=O)Nc1ccc(OC(C)C(=O)Nc2ccccc2C(F)(F)F)cc1. The van der Waals surface area contributed by atoms with E-state index in [1.807, 2.05) is 0 Å². The average molecular weight is 366 g/mol. The zero-order chi connectivity index (χ0) is 19.3. The number of alkyl halides is 3. The van der Waals surface area contributed by atoms with E-state index in [0.717, 1.165) is 6.07 Å². The van der Waals surface area contributed by atoms with Crippen molar-refractivity contribution in [3.8, 4) is 5.75 Å². The second-order valence-corrected chi connectivity index (χ2v) is 5.50. The molecular weight excluding hydrogens is 349 g/mol. The van der Waals surface area contributed by atoms with Gasteiger partial charge in [0.2, 0.25) is 5.91 Å². The van der Waals surface area contributed by atoms with Crippen molar-refractivity contribution in [2.75, 3.05) is 10.6 Å². The molecule has 0 saturated heterocycles. The van der Waals surface area contributed by atoms with Crippen molar-refractivity contribution in [2.24, 2.45) is 0 Å². The predicted octanol–water partition coefficient (Wildman–Crippen LogP) is 4.07. The van der Waals surface area contributed by atoms with E-state index in [4.69, 9.17) is 4.74 Å². The second-order valence-electron chi connectivity index (χ2n) is 5.50. The van der Waals surface area contributed by atoms with Gasteiger partial charge in [0.25, 0.3) is 5.91 Å². The van der Waals surface area contributed by atoms with Crippen LogP contribution in [0.3, 0.4) is 0 Å². The number of anilines is 2. The lowest BCUT2D eigenvalue weighted by molar-refractivity contribution is -0.137. The molecule has 1 atom stereocenters. The van der Waals surface area contributed by atoms with Crippen LogP contribution in [0.1, 0.15) is 19.4 Å². The number of para-hydroxylation sites is 1. The summed E-state index contributed by atoms with van der Waals surface area (Å²) < 4.78 is 44.3. The molecule has 2 rings (SSSR count). The zero-order valence-electron chi connectivity index (χ0n) is 14.1. The summed E-state index contributed by atoms with van der Waals surface area (Å²) in [6.45, 7) is 2.79. The Bertz CT molecular complexity index is 789. The van der Waals surface area contributed by atoms with E-state index in [0.29, 0.717) is 11.4 Å². The summed E-state index contributed by atoms with van der Waals surface area (Å²) >= 11 is 0. The summed E-state index contributed by atoms with van der Waals surface area (Å²) in [5.74, 6) is -0.603. The Balaban J connectivity index is 2.03. The lowest BCUT2D eigenvalue weighted by atomic mass is 10.1. The third kappa shape index (κ3) is 5.23. The van der Waals surface area contributed by atoms with Gasteiger partial charge in [-0.15, -0.1) is 0 Å². The highest BCUT2D eigenvalue weighted by atomic mass is 19.4. The number of amides is 2. The van der Waals surface area contributed by atoms with Gasteiger partial charge < -0.3 is 15.4 Å². The molecule has 26 heavy (non-hydrogen) atoms. The molecule has 0 aliphatic heterocycles. The number of hydrogen-bond acceptors (Lipinski definition) is 3. The molecule has 2 N–H and O–H groups in total.